The first-order valence-electron chi connectivity index (χ1n) is 10.8. The van der Waals surface area contributed by atoms with Crippen LogP contribution in [0.25, 0.3) is 5.69 Å². The zero-order chi connectivity index (χ0) is 21.9. The Morgan fingerprint density at radius 3 is 2.59 bits per heavy atom. The molecule has 0 unspecified atom stereocenters. The number of aromatic nitrogens is 3. The van der Waals surface area contributed by atoms with E-state index in [9.17, 15) is 4.39 Å². The van der Waals surface area contributed by atoms with E-state index in [1.54, 1.807) is 23.9 Å². The maximum atomic E-state index is 13.6. The first-order valence-corrected chi connectivity index (χ1v) is 12.2. The quantitative estimate of drug-likeness (QED) is 0.463. The third-order valence-corrected chi connectivity index (χ3v) is 6.90. The van der Waals surface area contributed by atoms with Crippen molar-refractivity contribution in [2.75, 3.05) is 26.3 Å². The van der Waals surface area contributed by atoms with Gasteiger partial charge in [0.05, 0.1) is 11.6 Å². The molecule has 3 heterocycles. The van der Waals surface area contributed by atoms with Crippen LogP contribution in [0.5, 0.6) is 11.5 Å². The van der Waals surface area contributed by atoms with Gasteiger partial charge in [-0.25, -0.2) is 4.39 Å². The molecule has 0 N–H and O–H groups in total. The number of ether oxygens (including phenoxy) is 2. The average Bonchev–Trinajstić information content (AvgIpc) is 3.21. The van der Waals surface area contributed by atoms with Crippen LogP contribution < -0.4 is 9.47 Å². The molecular formula is C23H24ClFN4O2S. The highest BCUT2D eigenvalue weighted by molar-refractivity contribution is 7.98. The second-order valence-corrected chi connectivity index (χ2v) is 9.29. The van der Waals surface area contributed by atoms with Crippen molar-refractivity contribution in [3.05, 3.63) is 58.6 Å². The van der Waals surface area contributed by atoms with E-state index in [2.05, 4.69) is 15.1 Å². The Bertz CT molecular complexity index is 1090. The summed E-state index contributed by atoms with van der Waals surface area (Å²) in [4.78, 5) is 2.41. The van der Waals surface area contributed by atoms with E-state index in [-0.39, 0.29) is 5.82 Å². The van der Waals surface area contributed by atoms with E-state index >= 15 is 0 Å². The third-order valence-electron chi connectivity index (χ3n) is 5.62. The number of benzene rings is 2. The fourth-order valence-electron chi connectivity index (χ4n) is 4.06. The molecule has 32 heavy (non-hydrogen) atoms. The van der Waals surface area contributed by atoms with Crippen LogP contribution in [0.2, 0.25) is 5.02 Å². The fourth-order valence-corrected chi connectivity index (χ4v) is 5.25. The number of likely N-dealkylation sites (tertiary alicyclic amines) is 1. The minimum absolute atomic E-state index is 0.264. The lowest BCUT2D eigenvalue weighted by molar-refractivity contribution is 0.171. The van der Waals surface area contributed by atoms with Crippen LogP contribution in [-0.2, 0) is 12.3 Å². The van der Waals surface area contributed by atoms with E-state index in [1.165, 1.54) is 31.4 Å². The number of nitrogens with zero attached hydrogens (tertiary/aromatic N) is 4. The van der Waals surface area contributed by atoms with Gasteiger partial charge < -0.3 is 9.47 Å². The van der Waals surface area contributed by atoms with Gasteiger partial charge in [0.25, 0.3) is 0 Å². The SMILES string of the molecule is Fc1ccc(-n2c(CN3CCCCC3)nnc2SCc2cc(Cl)c3c(c2)OCCO3)cc1. The molecule has 0 saturated carbocycles. The summed E-state index contributed by atoms with van der Waals surface area (Å²) in [7, 11) is 0. The fraction of sp³-hybridized carbons (Fsp3) is 0.391. The molecule has 2 aliphatic heterocycles. The first-order chi connectivity index (χ1) is 15.7. The van der Waals surface area contributed by atoms with Gasteiger partial charge in [-0.1, -0.05) is 29.8 Å². The minimum atomic E-state index is -0.264. The third kappa shape index (κ3) is 4.72. The van der Waals surface area contributed by atoms with Gasteiger partial charge in [0.1, 0.15) is 19.0 Å². The maximum absolute atomic E-state index is 13.6. The van der Waals surface area contributed by atoms with Crippen LogP contribution in [0.3, 0.4) is 0 Å². The zero-order valence-electron chi connectivity index (χ0n) is 17.6. The van der Waals surface area contributed by atoms with Crippen LogP contribution in [-0.4, -0.2) is 46.0 Å². The molecule has 2 aromatic carbocycles. The van der Waals surface area contributed by atoms with Crippen LogP contribution in [0.1, 0.15) is 30.7 Å². The summed E-state index contributed by atoms with van der Waals surface area (Å²) >= 11 is 7.96. The number of hydrogen-bond acceptors (Lipinski definition) is 6. The van der Waals surface area contributed by atoms with E-state index in [1.807, 2.05) is 16.7 Å². The second kappa shape index (κ2) is 9.68. The number of halogens is 2. The predicted molar refractivity (Wildman–Crippen MR) is 122 cm³/mol. The minimum Gasteiger partial charge on any atom is -0.486 e. The van der Waals surface area contributed by atoms with Gasteiger partial charge in [-0.2, -0.15) is 0 Å². The van der Waals surface area contributed by atoms with Crippen molar-refractivity contribution >= 4 is 23.4 Å². The van der Waals surface area contributed by atoms with E-state index in [0.717, 1.165) is 41.9 Å². The summed E-state index contributed by atoms with van der Waals surface area (Å²) in [6, 6.07) is 10.3. The van der Waals surface area contributed by atoms with Crippen molar-refractivity contribution in [3.8, 4) is 17.2 Å². The Kier molecular flexibility index (Phi) is 6.52. The van der Waals surface area contributed by atoms with Gasteiger partial charge in [0.2, 0.25) is 0 Å². The zero-order valence-corrected chi connectivity index (χ0v) is 19.2. The smallest absolute Gasteiger partial charge is 0.196 e. The maximum Gasteiger partial charge on any atom is 0.196 e. The molecule has 1 aromatic heterocycles. The molecular weight excluding hydrogens is 451 g/mol. The summed E-state index contributed by atoms with van der Waals surface area (Å²) in [6.07, 6.45) is 3.69. The highest BCUT2D eigenvalue weighted by Crippen LogP contribution is 2.39. The van der Waals surface area contributed by atoms with Gasteiger partial charge >= 0.3 is 0 Å². The molecule has 6 nitrogen and oxygen atoms in total. The lowest BCUT2D eigenvalue weighted by atomic mass is 10.1. The summed E-state index contributed by atoms with van der Waals surface area (Å²) < 4.78 is 26.9. The lowest BCUT2D eigenvalue weighted by Gasteiger charge is -2.26. The summed E-state index contributed by atoms with van der Waals surface area (Å²) in [5.41, 5.74) is 1.86. The number of piperidine rings is 1. The largest absolute Gasteiger partial charge is 0.486 e. The summed E-state index contributed by atoms with van der Waals surface area (Å²) in [5, 5.41) is 10.3. The highest BCUT2D eigenvalue weighted by atomic mass is 35.5. The molecule has 0 radical (unpaired) electrons. The molecule has 5 rings (SSSR count). The highest BCUT2D eigenvalue weighted by Gasteiger charge is 2.20. The van der Waals surface area contributed by atoms with Crippen molar-refractivity contribution < 1.29 is 13.9 Å². The van der Waals surface area contributed by atoms with Gasteiger partial charge in [-0.05, 0) is 67.9 Å². The van der Waals surface area contributed by atoms with Crippen molar-refractivity contribution in [1.82, 2.24) is 19.7 Å². The molecule has 0 aliphatic carbocycles. The normalized spacial score (nSPS) is 16.3. The first kappa shape index (κ1) is 21.6. The molecule has 1 saturated heterocycles. The van der Waals surface area contributed by atoms with E-state index in [0.29, 0.717) is 35.5 Å². The van der Waals surface area contributed by atoms with Crippen LogP contribution in [0.4, 0.5) is 4.39 Å². The van der Waals surface area contributed by atoms with Crippen LogP contribution in [0, 0.1) is 5.82 Å². The van der Waals surface area contributed by atoms with Crippen molar-refractivity contribution in [1.29, 1.82) is 0 Å². The van der Waals surface area contributed by atoms with Gasteiger partial charge in [0.15, 0.2) is 22.5 Å². The lowest BCUT2D eigenvalue weighted by Crippen LogP contribution is -2.30. The van der Waals surface area contributed by atoms with Crippen molar-refractivity contribution in [3.63, 3.8) is 0 Å². The Morgan fingerprint density at radius 2 is 1.78 bits per heavy atom. The molecule has 3 aromatic rings. The summed E-state index contributed by atoms with van der Waals surface area (Å²) in [6.45, 7) is 3.86. The van der Waals surface area contributed by atoms with Crippen LogP contribution >= 0.6 is 23.4 Å². The number of fused-ring (bicyclic) bond motifs is 1. The standard InChI is InChI=1S/C23H24ClFN4O2S/c24-19-12-16(13-20-22(19)31-11-10-30-20)15-32-23-27-26-21(14-28-8-2-1-3-9-28)29(23)18-6-4-17(25)5-7-18/h4-7,12-13H,1-3,8-11,14-15H2. The number of rotatable bonds is 6. The summed E-state index contributed by atoms with van der Waals surface area (Å²) in [5.74, 6) is 2.51. The monoisotopic (exact) mass is 474 g/mol. The van der Waals surface area contributed by atoms with E-state index in [4.69, 9.17) is 21.1 Å². The molecule has 0 atom stereocenters. The molecule has 1 fully saturated rings. The van der Waals surface area contributed by atoms with Gasteiger partial charge in [-0.15, -0.1) is 10.2 Å². The van der Waals surface area contributed by atoms with Gasteiger partial charge in [-0.3, -0.25) is 9.47 Å². The Balaban J connectivity index is 1.40. The number of hydrogen-bond donors (Lipinski definition) is 0. The molecule has 9 heteroatoms. The molecule has 0 amide bonds. The predicted octanol–water partition coefficient (Wildman–Crippen LogP) is 5.11. The Morgan fingerprint density at radius 1 is 1.00 bits per heavy atom. The topological polar surface area (TPSA) is 52.4 Å². The molecule has 0 spiro atoms. The van der Waals surface area contributed by atoms with E-state index < -0.39 is 0 Å². The van der Waals surface area contributed by atoms with Crippen molar-refractivity contribution in [2.45, 2.75) is 36.7 Å². The number of thioether (sulfide) groups is 1. The second-order valence-electron chi connectivity index (χ2n) is 7.94. The Labute approximate surface area is 195 Å². The molecule has 168 valence electrons. The molecule has 0 bridgehead atoms. The van der Waals surface area contributed by atoms with Crippen LogP contribution in [0.15, 0.2) is 41.6 Å². The van der Waals surface area contributed by atoms with Crippen molar-refractivity contribution in [2.24, 2.45) is 0 Å². The van der Waals surface area contributed by atoms with Gasteiger partial charge in [0, 0.05) is 11.4 Å². The average molecular weight is 475 g/mol. The molecule has 2 aliphatic rings. The Hall–Kier alpha value is -2.29.